The maximum Gasteiger partial charge on any atom is 0.387 e. The van der Waals surface area contributed by atoms with E-state index < -0.39 is 12.5 Å². The summed E-state index contributed by atoms with van der Waals surface area (Å²) in [5, 5.41) is 6.64. The van der Waals surface area contributed by atoms with Crippen molar-refractivity contribution < 1.29 is 23.1 Å². The number of hydrogen-bond donors (Lipinski definition) is 2. The SMILES string of the molecule is N/C(=N/OCC(=O)Nc1ccc(OC(F)F)cc1)c1cccc(Cl)c1. The highest BCUT2D eigenvalue weighted by atomic mass is 35.5. The van der Waals surface area contributed by atoms with Gasteiger partial charge in [-0.05, 0) is 36.4 Å². The molecule has 0 heterocycles. The lowest BCUT2D eigenvalue weighted by Gasteiger charge is -2.07. The number of nitrogens with zero attached hydrogens (tertiary/aromatic N) is 1. The summed E-state index contributed by atoms with van der Waals surface area (Å²) in [4.78, 5) is 16.6. The summed E-state index contributed by atoms with van der Waals surface area (Å²) in [6, 6.07) is 12.1. The molecule has 0 aliphatic carbocycles. The van der Waals surface area contributed by atoms with Gasteiger partial charge in [0.05, 0.1) is 0 Å². The molecule has 0 radical (unpaired) electrons. The second-order valence-corrected chi connectivity index (χ2v) is 5.15. The number of ether oxygens (including phenoxy) is 1. The fraction of sp³-hybridized carbons (Fsp3) is 0.125. The van der Waals surface area contributed by atoms with Gasteiger partial charge < -0.3 is 20.6 Å². The molecule has 0 saturated carbocycles. The summed E-state index contributed by atoms with van der Waals surface area (Å²) >= 11 is 5.84. The van der Waals surface area contributed by atoms with E-state index in [0.29, 0.717) is 16.3 Å². The van der Waals surface area contributed by atoms with Crippen LogP contribution >= 0.6 is 11.6 Å². The highest BCUT2D eigenvalue weighted by Crippen LogP contribution is 2.17. The minimum atomic E-state index is -2.91. The molecule has 132 valence electrons. The minimum Gasteiger partial charge on any atom is -0.435 e. The number of halogens is 3. The maximum absolute atomic E-state index is 12.0. The molecule has 1 amide bonds. The standard InChI is InChI=1S/C16H14ClF2N3O3/c17-11-3-1-2-10(8-11)15(20)22-24-9-14(23)21-12-4-6-13(7-5-12)25-16(18)19/h1-8,16H,9H2,(H2,20,22)(H,21,23). The second kappa shape index (κ2) is 8.84. The molecule has 2 rings (SSSR count). The van der Waals surface area contributed by atoms with Crippen LogP contribution in [-0.2, 0) is 9.63 Å². The molecule has 9 heteroatoms. The number of alkyl halides is 2. The van der Waals surface area contributed by atoms with Crippen molar-refractivity contribution in [1.82, 2.24) is 0 Å². The van der Waals surface area contributed by atoms with Crippen molar-refractivity contribution in [1.29, 1.82) is 0 Å². The van der Waals surface area contributed by atoms with Crippen LogP contribution in [0.4, 0.5) is 14.5 Å². The Hall–Kier alpha value is -2.87. The lowest BCUT2D eigenvalue weighted by atomic mass is 10.2. The van der Waals surface area contributed by atoms with Gasteiger partial charge in [-0.3, -0.25) is 4.79 Å². The number of anilines is 1. The van der Waals surface area contributed by atoms with Crippen LogP contribution in [0.3, 0.4) is 0 Å². The first kappa shape index (κ1) is 18.5. The number of benzene rings is 2. The number of nitrogens with two attached hydrogens (primary N) is 1. The van der Waals surface area contributed by atoms with E-state index in [1.807, 2.05) is 0 Å². The zero-order chi connectivity index (χ0) is 18.2. The average Bonchev–Trinajstić information content (AvgIpc) is 2.56. The van der Waals surface area contributed by atoms with Crippen molar-refractivity contribution in [3.63, 3.8) is 0 Å². The quantitative estimate of drug-likeness (QED) is 0.446. The molecule has 25 heavy (non-hydrogen) atoms. The number of amidine groups is 1. The van der Waals surface area contributed by atoms with Gasteiger partial charge in [-0.1, -0.05) is 28.9 Å². The maximum atomic E-state index is 12.0. The minimum absolute atomic E-state index is 0.0110. The Labute approximate surface area is 147 Å². The summed E-state index contributed by atoms with van der Waals surface area (Å²) in [6.45, 7) is -3.28. The number of nitrogens with one attached hydrogen (secondary N) is 1. The van der Waals surface area contributed by atoms with E-state index in [2.05, 4.69) is 15.2 Å². The molecule has 2 aromatic rings. The monoisotopic (exact) mass is 369 g/mol. The third-order valence-corrected chi connectivity index (χ3v) is 3.08. The predicted octanol–water partition coefficient (Wildman–Crippen LogP) is 3.22. The summed E-state index contributed by atoms with van der Waals surface area (Å²) in [7, 11) is 0. The molecular weight excluding hydrogens is 356 g/mol. The summed E-state index contributed by atoms with van der Waals surface area (Å²) < 4.78 is 28.3. The molecule has 0 saturated heterocycles. The second-order valence-electron chi connectivity index (χ2n) is 4.71. The fourth-order valence-corrected chi connectivity index (χ4v) is 1.97. The van der Waals surface area contributed by atoms with E-state index in [1.54, 1.807) is 24.3 Å². The Morgan fingerprint density at radius 2 is 1.96 bits per heavy atom. The van der Waals surface area contributed by atoms with Gasteiger partial charge in [-0.25, -0.2) is 0 Å². The lowest BCUT2D eigenvalue weighted by Crippen LogP contribution is -2.19. The van der Waals surface area contributed by atoms with Crippen LogP contribution in [0.25, 0.3) is 0 Å². The van der Waals surface area contributed by atoms with Gasteiger partial charge in [0, 0.05) is 16.3 Å². The molecule has 0 spiro atoms. The first-order chi connectivity index (χ1) is 11.9. The van der Waals surface area contributed by atoms with Crippen LogP contribution in [0.15, 0.2) is 53.7 Å². The van der Waals surface area contributed by atoms with Crippen LogP contribution in [0.5, 0.6) is 5.75 Å². The molecule has 2 aromatic carbocycles. The Bertz CT molecular complexity index is 755. The first-order valence-corrected chi connectivity index (χ1v) is 7.38. The molecule has 0 bridgehead atoms. The number of carbonyl (C=O) groups is 1. The molecule has 0 atom stereocenters. The van der Waals surface area contributed by atoms with E-state index >= 15 is 0 Å². The Balaban J connectivity index is 1.83. The van der Waals surface area contributed by atoms with Crippen molar-refractivity contribution in [2.75, 3.05) is 11.9 Å². The van der Waals surface area contributed by atoms with Gasteiger partial charge >= 0.3 is 6.61 Å². The third-order valence-electron chi connectivity index (χ3n) is 2.84. The number of hydrogen-bond acceptors (Lipinski definition) is 4. The van der Waals surface area contributed by atoms with Crippen LogP contribution < -0.4 is 15.8 Å². The first-order valence-electron chi connectivity index (χ1n) is 7.00. The van der Waals surface area contributed by atoms with Crippen molar-refractivity contribution in [3.05, 3.63) is 59.1 Å². The topological polar surface area (TPSA) is 85.9 Å². The molecule has 0 unspecified atom stereocenters. The average molecular weight is 370 g/mol. The highest BCUT2D eigenvalue weighted by Gasteiger charge is 2.06. The van der Waals surface area contributed by atoms with Gasteiger partial charge in [0.2, 0.25) is 0 Å². The Kier molecular flexibility index (Phi) is 6.53. The van der Waals surface area contributed by atoms with E-state index in [0.717, 1.165) is 0 Å². The number of rotatable bonds is 7. The highest BCUT2D eigenvalue weighted by molar-refractivity contribution is 6.31. The van der Waals surface area contributed by atoms with Gasteiger partial charge in [-0.15, -0.1) is 0 Å². The number of amides is 1. The molecule has 0 fully saturated rings. The molecular formula is C16H14ClF2N3O3. The third kappa shape index (κ3) is 6.27. The van der Waals surface area contributed by atoms with Gasteiger partial charge in [0.15, 0.2) is 12.4 Å². The zero-order valence-electron chi connectivity index (χ0n) is 12.8. The molecule has 0 aliphatic heterocycles. The molecule has 0 aliphatic rings. The van der Waals surface area contributed by atoms with Crippen molar-refractivity contribution in [2.45, 2.75) is 6.61 Å². The van der Waals surface area contributed by atoms with Crippen molar-refractivity contribution in [3.8, 4) is 5.75 Å². The van der Waals surface area contributed by atoms with Crippen LogP contribution in [0, 0.1) is 0 Å². The van der Waals surface area contributed by atoms with E-state index in [9.17, 15) is 13.6 Å². The predicted molar refractivity (Wildman–Crippen MR) is 89.8 cm³/mol. The number of oxime groups is 1. The lowest BCUT2D eigenvalue weighted by molar-refractivity contribution is -0.120. The normalized spacial score (nSPS) is 11.3. The molecule has 3 N–H and O–H groups in total. The Morgan fingerprint density at radius 3 is 2.60 bits per heavy atom. The van der Waals surface area contributed by atoms with E-state index in [-0.39, 0.29) is 18.2 Å². The van der Waals surface area contributed by atoms with E-state index in [1.165, 1.54) is 24.3 Å². The largest absolute Gasteiger partial charge is 0.435 e. The van der Waals surface area contributed by atoms with Crippen LogP contribution in [0.2, 0.25) is 5.02 Å². The van der Waals surface area contributed by atoms with Gasteiger partial charge in [0.25, 0.3) is 5.91 Å². The fourth-order valence-electron chi connectivity index (χ4n) is 1.78. The Morgan fingerprint density at radius 1 is 1.24 bits per heavy atom. The van der Waals surface area contributed by atoms with Crippen molar-refractivity contribution in [2.24, 2.45) is 10.9 Å². The molecule has 6 nitrogen and oxygen atoms in total. The van der Waals surface area contributed by atoms with Gasteiger partial charge in [-0.2, -0.15) is 8.78 Å². The summed E-state index contributed by atoms with van der Waals surface area (Å²) in [6.07, 6.45) is 0. The molecule has 0 aromatic heterocycles. The summed E-state index contributed by atoms with van der Waals surface area (Å²) in [5.74, 6) is -0.433. The van der Waals surface area contributed by atoms with Crippen LogP contribution in [0.1, 0.15) is 5.56 Å². The van der Waals surface area contributed by atoms with Crippen LogP contribution in [-0.4, -0.2) is 25.0 Å². The number of carbonyl (C=O) groups excluding carboxylic acids is 1. The zero-order valence-corrected chi connectivity index (χ0v) is 13.5. The summed E-state index contributed by atoms with van der Waals surface area (Å²) in [5.41, 5.74) is 6.67. The van der Waals surface area contributed by atoms with Gasteiger partial charge in [0.1, 0.15) is 5.75 Å². The van der Waals surface area contributed by atoms with E-state index in [4.69, 9.17) is 22.2 Å². The smallest absolute Gasteiger partial charge is 0.387 e. The van der Waals surface area contributed by atoms with Crippen molar-refractivity contribution >= 4 is 29.0 Å².